The molecule has 0 heterocycles. The van der Waals surface area contributed by atoms with Crippen molar-refractivity contribution in [2.24, 2.45) is 0 Å². The molecule has 0 aliphatic carbocycles. The van der Waals surface area contributed by atoms with Crippen molar-refractivity contribution in [2.75, 3.05) is 0 Å². The fourth-order valence-corrected chi connectivity index (χ4v) is 0. The van der Waals surface area contributed by atoms with E-state index in [1.807, 2.05) is 6.79 Å². The Hall–Kier alpha value is -0.166. The second kappa shape index (κ2) is 1110. The number of rotatable bonds is 0. The van der Waals surface area contributed by atoms with Crippen molar-refractivity contribution in [3.05, 3.63) is 0 Å². The second-order valence-corrected chi connectivity index (χ2v) is 0. The molecule has 0 spiro atoms. The Morgan fingerprint density at radius 3 is 1.20 bits per heavy atom. The maximum Gasteiger partial charge on any atom is 0.281 e. The molecule has 0 saturated carbocycles. The van der Waals surface area contributed by atoms with Gasteiger partial charge in [0.15, 0.2) is 0 Å². The summed E-state index contributed by atoms with van der Waals surface area (Å²) in [5, 5.41) is 0. The van der Waals surface area contributed by atoms with Crippen LogP contribution in [0.15, 0.2) is 0 Å². The molecule has 3 heteroatoms. The SMILES string of the molecule is C=O.[C]=O.[Ni]. The van der Waals surface area contributed by atoms with Crippen LogP contribution in [-0.4, -0.2) is 13.6 Å². The Balaban J connectivity index is -0.0000000133. The maximum atomic E-state index is 8.00. The van der Waals surface area contributed by atoms with Crippen LogP contribution < -0.4 is 0 Å². The summed E-state index contributed by atoms with van der Waals surface area (Å²) in [5.41, 5.74) is 0. The van der Waals surface area contributed by atoms with Crippen LogP contribution in [0.2, 0.25) is 0 Å². The summed E-state index contributed by atoms with van der Waals surface area (Å²) in [4.78, 5) is 15.5. The van der Waals surface area contributed by atoms with Gasteiger partial charge in [0.1, 0.15) is 6.79 Å². The first-order valence-corrected chi connectivity index (χ1v) is 0.493. The van der Waals surface area contributed by atoms with Crippen molar-refractivity contribution >= 4 is 13.6 Å². The van der Waals surface area contributed by atoms with E-state index in [1.54, 1.807) is 0 Å². The Morgan fingerprint density at radius 2 is 1.20 bits per heavy atom. The molecule has 0 bridgehead atoms. The van der Waals surface area contributed by atoms with E-state index in [-0.39, 0.29) is 16.5 Å². The fourth-order valence-electron chi connectivity index (χ4n) is 0. The molecule has 0 aromatic carbocycles. The minimum absolute atomic E-state index is 0. The predicted molar refractivity (Wildman–Crippen MR) is 12.8 cm³/mol. The molecule has 2 nitrogen and oxygen atoms in total. The molecule has 0 aromatic rings. The van der Waals surface area contributed by atoms with Crippen LogP contribution in [0.25, 0.3) is 0 Å². The molecule has 0 N–H and O–H groups in total. The van der Waals surface area contributed by atoms with Gasteiger partial charge < -0.3 is 4.79 Å². The van der Waals surface area contributed by atoms with E-state index < -0.39 is 0 Å². The Labute approximate surface area is 40.5 Å². The molecule has 32 valence electrons. The number of carbonyl (C=O) groups excluding carboxylic acids is 2. The molecule has 0 unspecified atom stereocenters. The molecule has 2 radical (unpaired) electrons. The summed E-state index contributed by atoms with van der Waals surface area (Å²) in [6.07, 6.45) is 0. The standard InChI is InChI=1S/CH2O.CO.Ni/c2*1-2;/h1H2;;. The molecule has 5 heavy (non-hydrogen) atoms. The molecule has 0 aromatic heterocycles. The first-order valence-electron chi connectivity index (χ1n) is 0.493. The largest absolute Gasteiger partial charge is 0.307 e. The van der Waals surface area contributed by atoms with Crippen molar-refractivity contribution < 1.29 is 26.1 Å². The van der Waals surface area contributed by atoms with Gasteiger partial charge in [-0.2, -0.15) is 0 Å². The van der Waals surface area contributed by atoms with Gasteiger partial charge >= 0.3 is 0 Å². The number of hydrogen-bond donors (Lipinski definition) is 0. The molecule has 0 aliphatic heterocycles. The van der Waals surface area contributed by atoms with E-state index in [2.05, 4.69) is 6.79 Å². The summed E-state index contributed by atoms with van der Waals surface area (Å²) in [7, 11) is 0. The third-order valence-electron chi connectivity index (χ3n) is 0. The molecule has 0 saturated heterocycles. The molecule has 0 amide bonds. The van der Waals surface area contributed by atoms with Crippen molar-refractivity contribution in [1.29, 1.82) is 0 Å². The zero-order valence-corrected chi connectivity index (χ0v) is 3.33. The Kier molecular flexibility index (Phi) is 4690. The Bertz CT molecular complexity index is 9.61. The van der Waals surface area contributed by atoms with Crippen molar-refractivity contribution in [3.63, 3.8) is 0 Å². The third kappa shape index (κ3) is 465. The molecule has 0 fully saturated rings. The predicted octanol–water partition coefficient (Wildman–Crippen LogP) is -0.585. The summed E-state index contributed by atoms with van der Waals surface area (Å²) in [6.45, 7) is 6.50. The zero-order valence-electron chi connectivity index (χ0n) is 2.34. The molecule has 0 aliphatic rings. The van der Waals surface area contributed by atoms with Gasteiger partial charge in [0.2, 0.25) is 0 Å². The summed E-state index contributed by atoms with van der Waals surface area (Å²) in [5.74, 6) is 0. The van der Waals surface area contributed by atoms with Gasteiger partial charge in [0.25, 0.3) is 6.79 Å². The van der Waals surface area contributed by atoms with Crippen LogP contribution in [0, 0.1) is 0 Å². The topological polar surface area (TPSA) is 34.1 Å². The quantitative estimate of drug-likeness (QED) is 0.397. The van der Waals surface area contributed by atoms with Gasteiger partial charge in [-0.15, -0.1) is 0 Å². The van der Waals surface area contributed by atoms with E-state index in [1.165, 1.54) is 0 Å². The maximum absolute atomic E-state index is 8.00. The number of carbonyl (C=O) groups is 1. The van der Waals surface area contributed by atoms with Gasteiger partial charge in [-0.05, 0) is 0 Å². The normalized spacial score (nSPS) is 1.60. The van der Waals surface area contributed by atoms with Crippen molar-refractivity contribution in [3.8, 4) is 0 Å². The van der Waals surface area contributed by atoms with Gasteiger partial charge in [-0.3, -0.25) is 4.79 Å². The first kappa shape index (κ1) is 21.1. The summed E-state index contributed by atoms with van der Waals surface area (Å²) >= 11 is 0. The minimum Gasteiger partial charge on any atom is -0.307 e. The third-order valence-corrected chi connectivity index (χ3v) is 0. The van der Waals surface area contributed by atoms with E-state index in [9.17, 15) is 0 Å². The van der Waals surface area contributed by atoms with E-state index in [0.717, 1.165) is 0 Å². The molecule has 0 atom stereocenters. The van der Waals surface area contributed by atoms with Gasteiger partial charge in [0, 0.05) is 16.5 Å². The van der Waals surface area contributed by atoms with Crippen LogP contribution in [0.3, 0.4) is 0 Å². The van der Waals surface area contributed by atoms with Crippen LogP contribution in [0.1, 0.15) is 0 Å². The van der Waals surface area contributed by atoms with E-state index >= 15 is 0 Å². The van der Waals surface area contributed by atoms with Crippen LogP contribution in [0.4, 0.5) is 0 Å². The van der Waals surface area contributed by atoms with Crippen molar-refractivity contribution in [2.45, 2.75) is 0 Å². The first-order chi connectivity index (χ1) is 2.00. The minimum atomic E-state index is 0. The average Bonchev–Trinajstić information content (AvgIpc) is 1.50. The van der Waals surface area contributed by atoms with Gasteiger partial charge in [0.05, 0.1) is 0 Å². The van der Waals surface area contributed by atoms with Gasteiger partial charge in [-0.25, -0.2) is 0 Å². The monoisotopic (exact) mass is 116 g/mol. The second-order valence-electron chi connectivity index (χ2n) is 0. The average molecular weight is 117 g/mol. The summed E-state index contributed by atoms with van der Waals surface area (Å²) in [6, 6.07) is 0. The molecular formula is C2H2NiO2. The molecular weight excluding hydrogens is 115 g/mol. The number of hydrogen-bond acceptors (Lipinski definition) is 2. The summed E-state index contributed by atoms with van der Waals surface area (Å²) < 4.78 is 0. The Morgan fingerprint density at radius 1 is 1.20 bits per heavy atom. The van der Waals surface area contributed by atoms with Gasteiger partial charge in [-0.1, -0.05) is 0 Å². The zero-order chi connectivity index (χ0) is 4.00. The van der Waals surface area contributed by atoms with E-state index in [4.69, 9.17) is 9.59 Å². The van der Waals surface area contributed by atoms with Crippen LogP contribution >= 0.6 is 0 Å². The van der Waals surface area contributed by atoms with Crippen molar-refractivity contribution in [1.82, 2.24) is 0 Å². The van der Waals surface area contributed by atoms with E-state index in [0.29, 0.717) is 0 Å². The van der Waals surface area contributed by atoms with Crippen LogP contribution in [-0.2, 0) is 26.1 Å². The fraction of sp³-hybridized carbons (Fsp3) is 0. The smallest absolute Gasteiger partial charge is 0.281 e. The molecule has 0 rings (SSSR count). The van der Waals surface area contributed by atoms with Crippen LogP contribution in [0.5, 0.6) is 0 Å².